The molecule has 0 heterocycles. The summed E-state index contributed by atoms with van der Waals surface area (Å²) in [6.45, 7) is 0. The number of carbonyl (C=O) groups is 1. The number of hydrogen-bond donors (Lipinski definition) is 1. The molecule has 1 N–H and O–H groups in total. The quantitative estimate of drug-likeness (QED) is 0.679. The van der Waals surface area contributed by atoms with Gasteiger partial charge in [-0.1, -0.05) is 18.2 Å². The van der Waals surface area contributed by atoms with Crippen molar-refractivity contribution in [2.45, 2.75) is 6.10 Å². The molecule has 0 saturated carbocycles. The number of carbonyl (C=O) groups excluding carboxylic acids is 1. The summed E-state index contributed by atoms with van der Waals surface area (Å²) in [6.07, 6.45) is -0.626. The molecular formula is C9H10O3. The Kier molecular flexibility index (Phi) is 2.82. The van der Waals surface area contributed by atoms with Gasteiger partial charge in [-0.05, 0) is 6.07 Å². The first kappa shape index (κ1) is 8.74. The van der Waals surface area contributed by atoms with Gasteiger partial charge in [0.05, 0.1) is 7.11 Å². The minimum atomic E-state index is -1.10. The van der Waals surface area contributed by atoms with E-state index in [0.717, 1.165) is 0 Å². The molecular weight excluding hydrogens is 156 g/mol. The van der Waals surface area contributed by atoms with Crippen LogP contribution in [0.2, 0.25) is 0 Å². The van der Waals surface area contributed by atoms with E-state index in [-0.39, 0.29) is 0 Å². The SMILES string of the molecule is COc1ccccc1C(O)C=O. The van der Waals surface area contributed by atoms with Gasteiger partial charge in [0.15, 0.2) is 6.29 Å². The van der Waals surface area contributed by atoms with Gasteiger partial charge in [-0.3, -0.25) is 0 Å². The molecule has 0 radical (unpaired) electrons. The Morgan fingerprint density at radius 3 is 2.75 bits per heavy atom. The molecule has 0 aromatic heterocycles. The average molecular weight is 166 g/mol. The van der Waals surface area contributed by atoms with Crippen molar-refractivity contribution in [3.63, 3.8) is 0 Å². The number of methoxy groups -OCH3 is 1. The molecule has 64 valence electrons. The first-order valence-corrected chi connectivity index (χ1v) is 3.56. The van der Waals surface area contributed by atoms with Crippen molar-refractivity contribution in [1.29, 1.82) is 0 Å². The fraction of sp³-hybridized carbons (Fsp3) is 0.222. The lowest BCUT2D eigenvalue weighted by molar-refractivity contribution is -0.115. The summed E-state index contributed by atoms with van der Waals surface area (Å²) >= 11 is 0. The van der Waals surface area contributed by atoms with Crippen LogP contribution in [0.4, 0.5) is 0 Å². The summed E-state index contributed by atoms with van der Waals surface area (Å²) in [4.78, 5) is 10.3. The molecule has 12 heavy (non-hydrogen) atoms. The number of hydrogen-bond acceptors (Lipinski definition) is 3. The molecule has 0 aliphatic rings. The molecule has 0 amide bonds. The summed E-state index contributed by atoms with van der Waals surface area (Å²) in [5, 5.41) is 9.19. The van der Waals surface area contributed by atoms with E-state index >= 15 is 0 Å². The van der Waals surface area contributed by atoms with Crippen LogP contribution in [0.15, 0.2) is 24.3 Å². The van der Waals surface area contributed by atoms with Gasteiger partial charge in [-0.2, -0.15) is 0 Å². The Hall–Kier alpha value is -1.35. The second kappa shape index (κ2) is 3.88. The highest BCUT2D eigenvalue weighted by atomic mass is 16.5. The molecule has 1 rings (SSSR count). The van der Waals surface area contributed by atoms with E-state index in [9.17, 15) is 9.90 Å². The van der Waals surface area contributed by atoms with E-state index in [0.29, 0.717) is 17.6 Å². The monoisotopic (exact) mass is 166 g/mol. The summed E-state index contributed by atoms with van der Waals surface area (Å²) in [6, 6.07) is 6.87. The van der Waals surface area contributed by atoms with Crippen LogP contribution >= 0.6 is 0 Å². The zero-order valence-electron chi connectivity index (χ0n) is 6.73. The van der Waals surface area contributed by atoms with Gasteiger partial charge < -0.3 is 14.6 Å². The Balaban J connectivity index is 3.04. The fourth-order valence-electron chi connectivity index (χ4n) is 0.984. The van der Waals surface area contributed by atoms with Gasteiger partial charge in [0.25, 0.3) is 0 Å². The van der Waals surface area contributed by atoms with Crippen LogP contribution in [0, 0.1) is 0 Å². The van der Waals surface area contributed by atoms with Crippen molar-refractivity contribution in [2.24, 2.45) is 0 Å². The molecule has 0 aliphatic heterocycles. The lowest BCUT2D eigenvalue weighted by atomic mass is 10.1. The molecule has 1 aromatic rings. The Morgan fingerprint density at radius 2 is 2.17 bits per heavy atom. The highest BCUT2D eigenvalue weighted by molar-refractivity contribution is 5.61. The van der Waals surface area contributed by atoms with Crippen LogP contribution in [0.1, 0.15) is 11.7 Å². The van der Waals surface area contributed by atoms with Gasteiger partial charge in [0.2, 0.25) is 0 Å². The van der Waals surface area contributed by atoms with Crippen molar-refractivity contribution in [1.82, 2.24) is 0 Å². The third-order valence-corrected chi connectivity index (χ3v) is 1.59. The topological polar surface area (TPSA) is 46.5 Å². The molecule has 1 unspecified atom stereocenters. The minimum absolute atomic E-state index is 0.470. The maximum absolute atomic E-state index is 10.3. The van der Waals surface area contributed by atoms with Crippen LogP contribution in [-0.2, 0) is 4.79 Å². The molecule has 1 atom stereocenters. The van der Waals surface area contributed by atoms with Gasteiger partial charge in [0, 0.05) is 5.56 Å². The molecule has 0 aliphatic carbocycles. The van der Waals surface area contributed by atoms with Crippen molar-refractivity contribution in [2.75, 3.05) is 7.11 Å². The predicted octanol–water partition coefficient (Wildman–Crippen LogP) is 0.927. The maximum atomic E-state index is 10.3. The summed E-state index contributed by atoms with van der Waals surface area (Å²) in [5.41, 5.74) is 0.495. The highest BCUT2D eigenvalue weighted by Gasteiger charge is 2.10. The summed E-state index contributed by atoms with van der Waals surface area (Å²) in [7, 11) is 1.50. The van der Waals surface area contributed by atoms with Crippen LogP contribution in [0.5, 0.6) is 5.75 Å². The molecule has 0 fully saturated rings. The molecule has 0 saturated heterocycles. The molecule has 0 spiro atoms. The average Bonchev–Trinajstić information content (AvgIpc) is 2.16. The standard InChI is InChI=1S/C9H10O3/c1-12-9-5-3-2-4-7(9)8(11)6-10/h2-6,8,11H,1H3. The first-order valence-electron chi connectivity index (χ1n) is 3.56. The van der Waals surface area contributed by atoms with Crippen molar-refractivity contribution < 1.29 is 14.6 Å². The van der Waals surface area contributed by atoms with Gasteiger partial charge in [-0.25, -0.2) is 0 Å². The van der Waals surface area contributed by atoms with Crippen LogP contribution < -0.4 is 4.74 Å². The van der Waals surface area contributed by atoms with E-state index in [1.54, 1.807) is 24.3 Å². The second-order valence-electron chi connectivity index (χ2n) is 2.32. The maximum Gasteiger partial charge on any atom is 0.153 e. The zero-order chi connectivity index (χ0) is 8.97. The zero-order valence-corrected chi connectivity index (χ0v) is 6.73. The van der Waals surface area contributed by atoms with Crippen molar-refractivity contribution >= 4 is 6.29 Å². The number of para-hydroxylation sites is 1. The normalized spacial score (nSPS) is 12.2. The largest absolute Gasteiger partial charge is 0.496 e. The van der Waals surface area contributed by atoms with E-state index in [1.807, 2.05) is 0 Å². The number of aliphatic hydroxyl groups excluding tert-OH is 1. The van der Waals surface area contributed by atoms with Crippen LogP contribution in [-0.4, -0.2) is 18.5 Å². The van der Waals surface area contributed by atoms with E-state index in [4.69, 9.17) is 4.74 Å². The third kappa shape index (κ3) is 1.62. The van der Waals surface area contributed by atoms with E-state index < -0.39 is 6.10 Å². The number of aldehydes is 1. The lowest BCUT2D eigenvalue weighted by Gasteiger charge is -2.08. The molecule has 1 aromatic carbocycles. The van der Waals surface area contributed by atoms with Gasteiger partial charge in [-0.15, -0.1) is 0 Å². The lowest BCUT2D eigenvalue weighted by Crippen LogP contribution is -2.00. The van der Waals surface area contributed by atoms with Crippen molar-refractivity contribution in [3.05, 3.63) is 29.8 Å². The number of ether oxygens (including phenoxy) is 1. The molecule has 3 heteroatoms. The fourth-order valence-corrected chi connectivity index (χ4v) is 0.984. The number of benzene rings is 1. The first-order chi connectivity index (χ1) is 5.79. The Labute approximate surface area is 70.6 Å². The van der Waals surface area contributed by atoms with Crippen molar-refractivity contribution in [3.8, 4) is 5.75 Å². The van der Waals surface area contributed by atoms with E-state index in [1.165, 1.54) is 7.11 Å². The summed E-state index contributed by atoms with van der Waals surface area (Å²) < 4.78 is 4.95. The summed E-state index contributed by atoms with van der Waals surface area (Å²) in [5.74, 6) is 0.525. The minimum Gasteiger partial charge on any atom is -0.496 e. The smallest absolute Gasteiger partial charge is 0.153 e. The van der Waals surface area contributed by atoms with Gasteiger partial charge in [0.1, 0.15) is 11.9 Å². The number of aliphatic hydroxyl groups is 1. The van der Waals surface area contributed by atoms with Crippen LogP contribution in [0.3, 0.4) is 0 Å². The highest BCUT2D eigenvalue weighted by Crippen LogP contribution is 2.22. The molecule has 0 bridgehead atoms. The Morgan fingerprint density at radius 1 is 1.50 bits per heavy atom. The second-order valence-corrected chi connectivity index (χ2v) is 2.32. The van der Waals surface area contributed by atoms with Gasteiger partial charge >= 0.3 is 0 Å². The Bertz CT molecular complexity index is 270. The molecule has 3 nitrogen and oxygen atoms in total. The third-order valence-electron chi connectivity index (χ3n) is 1.59. The number of rotatable bonds is 3. The predicted molar refractivity (Wildman–Crippen MR) is 44.0 cm³/mol. The van der Waals surface area contributed by atoms with Crippen LogP contribution in [0.25, 0.3) is 0 Å². The van der Waals surface area contributed by atoms with E-state index in [2.05, 4.69) is 0 Å².